The Hall–Kier alpha value is -1.95. The van der Waals surface area contributed by atoms with Crippen LogP contribution in [-0.4, -0.2) is 34.3 Å². The van der Waals surface area contributed by atoms with Gasteiger partial charge in [-0.3, -0.25) is 0 Å². The van der Waals surface area contributed by atoms with Crippen LogP contribution in [0.1, 0.15) is 23.0 Å². The van der Waals surface area contributed by atoms with E-state index >= 15 is 0 Å². The molecule has 2 heterocycles. The van der Waals surface area contributed by atoms with Crippen molar-refractivity contribution >= 4 is 11.6 Å². The number of hydrogen-bond donors (Lipinski definition) is 0. The van der Waals surface area contributed by atoms with Crippen molar-refractivity contribution in [1.82, 2.24) is 14.6 Å². The fraction of sp³-hybridized carbons (Fsp3) is 0.364. The van der Waals surface area contributed by atoms with Gasteiger partial charge < -0.3 is 9.47 Å². The molecule has 0 fully saturated rings. The molecule has 2 aromatic heterocycles. The Bertz CT molecular complexity index is 536. The maximum atomic E-state index is 11.7. The van der Waals surface area contributed by atoms with Gasteiger partial charge in [-0.05, 0) is 6.92 Å². The maximum Gasteiger partial charge on any atom is 0.341 e. The second-order valence-corrected chi connectivity index (χ2v) is 3.37. The lowest BCUT2D eigenvalue weighted by molar-refractivity contribution is 0.0519. The third kappa shape index (κ3) is 2.12. The number of esters is 1. The van der Waals surface area contributed by atoms with Gasteiger partial charge in [0, 0.05) is 19.4 Å². The van der Waals surface area contributed by atoms with Gasteiger partial charge in [0.15, 0.2) is 5.65 Å². The molecule has 2 rings (SSSR count). The summed E-state index contributed by atoms with van der Waals surface area (Å²) in [6.45, 7) is 2.35. The Balaban J connectivity index is 2.53. The fourth-order valence-electron chi connectivity index (χ4n) is 1.58. The van der Waals surface area contributed by atoms with Gasteiger partial charge in [0.1, 0.15) is 5.56 Å². The van der Waals surface area contributed by atoms with Crippen LogP contribution < -0.4 is 0 Å². The Morgan fingerprint density at radius 2 is 2.35 bits per heavy atom. The largest absolute Gasteiger partial charge is 0.462 e. The SMILES string of the molecule is CCOC(=O)c1cnc2ccnn2c1COC. The maximum absolute atomic E-state index is 11.7. The van der Waals surface area contributed by atoms with Crippen molar-refractivity contribution in [3.8, 4) is 0 Å². The van der Waals surface area contributed by atoms with E-state index in [9.17, 15) is 4.79 Å². The van der Waals surface area contributed by atoms with Crippen molar-refractivity contribution in [1.29, 1.82) is 0 Å². The Labute approximate surface area is 98.2 Å². The molecule has 17 heavy (non-hydrogen) atoms. The van der Waals surface area contributed by atoms with E-state index in [-0.39, 0.29) is 6.61 Å². The van der Waals surface area contributed by atoms with Crippen molar-refractivity contribution in [2.75, 3.05) is 13.7 Å². The van der Waals surface area contributed by atoms with E-state index in [2.05, 4.69) is 10.1 Å². The fourth-order valence-corrected chi connectivity index (χ4v) is 1.58. The summed E-state index contributed by atoms with van der Waals surface area (Å²) < 4.78 is 11.6. The first-order valence-corrected chi connectivity index (χ1v) is 5.25. The molecule has 0 atom stereocenters. The van der Waals surface area contributed by atoms with Crippen LogP contribution in [0, 0.1) is 0 Å². The van der Waals surface area contributed by atoms with E-state index in [0.29, 0.717) is 23.5 Å². The first-order chi connectivity index (χ1) is 8.27. The lowest BCUT2D eigenvalue weighted by atomic mass is 10.2. The zero-order valence-corrected chi connectivity index (χ0v) is 9.71. The smallest absolute Gasteiger partial charge is 0.341 e. The second-order valence-electron chi connectivity index (χ2n) is 3.37. The molecule has 0 saturated carbocycles. The molecule has 0 unspecified atom stereocenters. The molecule has 6 heteroatoms. The van der Waals surface area contributed by atoms with Gasteiger partial charge >= 0.3 is 5.97 Å². The van der Waals surface area contributed by atoms with Crippen molar-refractivity contribution in [3.63, 3.8) is 0 Å². The summed E-state index contributed by atoms with van der Waals surface area (Å²) >= 11 is 0. The minimum atomic E-state index is -0.413. The predicted molar refractivity (Wildman–Crippen MR) is 59.7 cm³/mol. The number of nitrogens with zero attached hydrogens (tertiary/aromatic N) is 3. The molecule has 0 saturated heterocycles. The van der Waals surface area contributed by atoms with E-state index in [1.54, 1.807) is 30.8 Å². The van der Waals surface area contributed by atoms with Crippen LogP contribution in [0.25, 0.3) is 5.65 Å². The quantitative estimate of drug-likeness (QED) is 0.741. The van der Waals surface area contributed by atoms with E-state index in [4.69, 9.17) is 9.47 Å². The van der Waals surface area contributed by atoms with Gasteiger partial charge in [0.25, 0.3) is 0 Å². The lowest BCUT2D eigenvalue weighted by Gasteiger charge is -2.09. The first kappa shape index (κ1) is 11.5. The third-order valence-corrected chi connectivity index (χ3v) is 2.29. The molecule has 0 aromatic carbocycles. The molecular formula is C11H13N3O3. The summed E-state index contributed by atoms with van der Waals surface area (Å²) in [7, 11) is 1.56. The molecule has 0 aliphatic heterocycles. The van der Waals surface area contributed by atoms with Gasteiger partial charge in [0.2, 0.25) is 0 Å². The van der Waals surface area contributed by atoms with Crippen LogP contribution in [0.15, 0.2) is 18.5 Å². The van der Waals surface area contributed by atoms with Crippen LogP contribution in [0.5, 0.6) is 0 Å². The highest BCUT2D eigenvalue weighted by atomic mass is 16.5. The monoisotopic (exact) mass is 235 g/mol. The molecule has 0 bridgehead atoms. The highest BCUT2D eigenvalue weighted by molar-refractivity contribution is 5.90. The highest BCUT2D eigenvalue weighted by Crippen LogP contribution is 2.12. The van der Waals surface area contributed by atoms with Crippen molar-refractivity contribution in [2.45, 2.75) is 13.5 Å². The molecule has 0 N–H and O–H groups in total. The summed E-state index contributed by atoms with van der Waals surface area (Å²) in [6, 6.07) is 1.76. The topological polar surface area (TPSA) is 65.7 Å². The molecule has 90 valence electrons. The minimum Gasteiger partial charge on any atom is -0.462 e. The van der Waals surface area contributed by atoms with Crippen LogP contribution in [0.3, 0.4) is 0 Å². The van der Waals surface area contributed by atoms with Gasteiger partial charge in [-0.2, -0.15) is 5.10 Å². The zero-order chi connectivity index (χ0) is 12.3. The number of hydrogen-bond acceptors (Lipinski definition) is 5. The molecule has 2 aromatic rings. The first-order valence-electron chi connectivity index (χ1n) is 5.25. The van der Waals surface area contributed by atoms with Gasteiger partial charge in [-0.1, -0.05) is 0 Å². The van der Waals surface area contributed by atoms with Gasteiger partial charge in [-0.15, -0.1) is 0 Å². The van der Waals surface area contributed by atoms with Crippen molar-refractivity contribution < 1.29 is 14.3 Å². The molecule has 0 aliphatic rings. The van der Waals surface area contributed by atoms with Crippen molar-refractivity contribution in [2.24, 2.45) is 0 Å². The molecule has 0 spiro atoms. The van der Waals surface area contributed by atoms with Crippen molar-refractivity contribution in [3.05, 3.63) is 29.7 Å². The van der Waals surface area contributed by atoms with Gasteiger partial charge in [-0.25, -0.2) is 14.3 Å². The van der Waals surface area contributed by atoms with E-state index in [1.807, 2.05) is 0 Å². The number of carbonyl (C=O) groups excluding carboxylic acids is 1. The Kier molecular flexibility index (Phi) is 3.34. The summed E-state index contributed by atoms with van der Waals surface area (Å²) in [5.74, 6) is -0.413. The number of ether oxygens (including phenoxy) is 2. The van der Waals surface area contributed by atoms with E-state index in [1.165, 1.54) is 6.20 Å². The lowest BCUT2D eigenvalue weighted by Crippen LogP contribution is -2.14. The number of fused-ring (bicyclic) bond motifs is 1. The molecule has 0 aliphatic carbocycles. The molecule has 6 nitrogen and oxygen atoms in total. The van der Waals surface area contributed by atoms with Crippen LogP contribution in [0.4, 0.5) is 0 Å². The van der Waals surface area contributed by atoms with Gasteiger partial charge in [0.05, 0.1) is 25.1 Å². The van der Waals surface area contributed by atoms with E-state index < -0.39 is 5.97 Å². The molecule has 0 amide bonds. The summed E-state index contributed by atoms with van der Waals surface area (Å²) in [4.78, 5) is 15.9. The number of aromatic nitrogens is 3. The predicted octanol–water partition coefficient (Wildman–Crippen LogP) is 1.05. The Morgan fingerprint density at radius 1 is 1.53 bits per heavy atom. The van der Waals surface area contributed by atoms with Crippen LogP contribution >= 0.6 is 0 Å². The van der Waals surface area contributed by atoms with Crippen LogP contribution in [0.2, 0.25) is 0 Å². The average Bonchev–Trinajstić information content (AvgIpc) is 2.78. The standard InChI is InChI=1S/C11H13N3O3/c1-3-17-11(15)8-6-12-10-4-5-13-14(10)9(8)7-16-2/h4-6H,3,7H2,1-2H3. The van der Waals surface area contributed by atoms with Crippen LogP contribution in [-0.2, 0) is 16.1 Å². The molecule has 0 radical (unpaired) electrons. The van der Waals surface area contributed by atoms with E-state index in [0.717, 1.165) is 0 Å². The number of methoxy groups -OCH3 is 1. The number of rotatable bonds is 4. The third-order valence-electron chi connectivity index (χ3n) is 2.29. The minimum absolute atomic E-state index is 0.273. The number of carbonyl (C=O) groups is 1. The second kappa shape index (κ2) is 4.92. The molecular weight excluding hydrogens is 222 g/mol. The summed E-state index contributed by atoms with van der Waals surface area (Å²) in [6.07, 6.45) is 3.11. The highest BCUT2D eigenvalue weighted by Gasteiger charge is 2.16. The normalized spacial score (nSPS) is 10.7. The Morgan fingerprint density at radius 3 is 3.06 bits per heavy atom. The zero-order valence-electron chi connectivity index (χ0n) is 9.71. The summed E-state index contributed by atoms with van der Waals surface area (Å²) in [5, 5.41) is 4.11. The average molecular weight is 235 g/mol. The summed E-state index contributed by atoms with van der Waals surface area (Å²) in [5.41, 5.74) is 1.69.